The van der Waals surface area contributed by atoms with Crippen molar-refractivity contribution in [1.29, 1.82) is 0 Å². The third-order valence-corrected chi connectivity index (χ3v) is 3.86. The first-order chi connectivity index (χ1) is 9.58. The van der Waals surface area contributed by atoms with Crippen LogP contribution in [0.5, 0.6) is 0 Å². The summed E-state index contributed by atoms with van der Waals surface area (Å²) in [5, 5.41) is 2.92. The quantitative estimate of drug-likeness (QED) is 0.672. The molecule has 1 nitrogen and oxygen atoms in total. The molecule has 0 aliphatic heterocycles. The third-order valence-electron chi connectivity index (χ3n) is 3.11. The fourth-order valence-electron chi connectivity index (χ4n) is 2.06. The minimum absolute atomic E-state index is 0.0864. The van der Waals surface area contributed by atoms with Crippen LogP contribution in [0.1, 0.15) is 17.2 Å². The zero-order valence-corrected chi connectivity index (χ0v) is 11.9. The Morgan fingerprint density at radius 2 is 1.60 bits per heavy atom. The van der Waals surface area contributed by atoms with Crippen LogP contribution in [0.4, 0.5) is 13.2 Å². The standard InChI is InChI=1S/C15H14F3NS/c1-19-15(9-3-5-10(20-2)6-4-9)11-7-8-12(16)14(18)13(11)17/h3-8,15,19H,1-2H3. The van der Waals surface area contributed by atoms with Crippen LogP contribution >= 0.6 is 11.8 Å². The highest BCUT2D eigenvalue weighted by Crippen LogP contribution is 2.27. The van der Waals surface area contributed by atoms with Crippen LogP contribution in [0.15, 0.2) is 41.3 Å². The van der Waals surface area contributed by atoms with E-state index in [2.05, 4.69) is 5.32 Å². The Morgan fingerprint density at radius 3 is 2.15 bits per heavy atom. The van der Waals surface area contributed by atoms with Crippen LogP contribution in [0.3, 0.4) is 0 Å². The Bertz CT molecular complexity index is 599. The fourth-order valence-corrected chi connectivity index (χ4v) is 2.47. The predicted octanol–water partition coefficient (Wildman–Crippen LogP) is 4.13. The molecule has 0 fully saturated rings. The molecular formula is C15H14F3NS. The van der Waals surface area contributed by atoms with Gasteiger partial charge in [-0.05, 0) is 37.1 Å². The van der Waals surface area contributed by atoms with Gasteiger partial charge in [-0.1, -0.05) is 18.2 Å². The van der Waals surface area contributed by atoms with Crippen LogP contribution in [-0.2, 0) is 0 Å². The first kappa shape index (κ1) is 14.9. The molecule has 5 heteroatoms. The predicted molar refractivity (Wildman–Crippen MR) is 75.4 cm³/mol. The lowest BCUT2D eigenvalue weighted by atomic mass is 9.98. The summed E-state index contributed by atoms with van der Waals surface area (Å²) in [6.45, 7) is 0. The van der Waals surface area contributed by atoms with Crippen molar-refractivity contribution < 1.29 is 13.2 Å². The minimum Gasteiger partial charge on any atom is -0.309 e. The molecule has 0 amide bonds. The topological polar surface area (TPSA) is 12.0 Å². The van der Waals surface area contributed by atoms with Gasteiger partial charge in [-0.15, -0.1) is 11.8 Å². The largest absolute Gasteiger partial charge is 0.309 e. The van der Waals surface area contributed by atoms with E-state index in [1.165, 1.54) is 6.07 Å². The lowest BCUT2D eigenvalue weighted by Gasteiger charge is -2.18. The summed E-state index contributed by atoms with van der Waals surface area (Å²) in [5.41, 5.74) is 0.874. The van der Waals surface area contributed by atoms with Crippen molar-refractivity contribution in [2.75, 3.05) is 13.3 Å². The zero-order valence-electron chi connectivity index (χ0n) is 11.1. The van der Waals surface area contributed by atoms with E-state index in [1.54, 1.807) is 18.8 Å². The smallest absolute Gasteiger partial charge is 0.194 e. The minimum atomic E-state index is -1.44. The lowest BCUT2D eigenvalue weighted by Crippen LogP contribution is -2.19. The van der Waals surface area contributed by atoms with Crippen molar-refractivity contribution >= 4 is 11.8 Å². The van der Waals surface area contributed by atoms with E-state index < -0.39 is 23.5 Å². The summed E-state index contributed by atoms with van der Waals surface area (Å²) >= 11 is 1.60. The molecule has 0 radical (unpaired) electrons. The summed E-state index contributed by atoms with van der Waals surface area (Å²) < 4.78 is 40.2. The molecule has 1 N–H and O–H groups in total. The molecule has 2 rings (SSSR count). The Hall–Kier alpha value is -1.46. The summed E-state index contributed by atoms with van der Waals surface area (Å²) in [6, 6.07) is 9.17. The average Bonchev–Trinajstić information content (AvgIpc) is 2.48. The number of thioether (sulfide) groups is 1. The molecule has 0 spiro atoms. The van der Waals surface area contributed by atoms with E-state index in [0.717, 1.165) is 16.5 Å². The number of rotatable bonds is 4. The van der Waals surface area contributed by atoms with Crippen LogP contribution in [0.25, 0.3) is 0 Å². The first-order valence-electron chi connectivity index (χ1n) is 6.03. The lowest BCUT2D eigenvalue weighted by molar-refractivity contribution is 0.435. The van der Waals surface area contributed by atoms with Gasteiger partial charge in [-0.3, -0.25) is 0 Å². The fraction of sp³-hybridized carbons (Fsp3) is 0.200. The van der Waals surface area contributed by atoms with Crippen molar-refractivity contribution in [2.45, 2.75) is 10.9 Å². The number of nitrogens with one attached hydrogen (secondary N) is 1. The molecule has 0 aliphatic carbocycles. The van der Waals surface area contributed by atoms with Gasteiger partial charge < -0.3 is 5.32 Å². The van der Waals surface area contributed by atoms with Crippen LogP contribution in [0.2, 0.25) is 0 Å². The highest BCUT2D eigenvalue weighted by Gasteiger charge is 2.21. The van der Waals surface area contributed by atoms with Crippen LogP contribution in [0, 0.1) is 17.5 Å². The monoisotopic (exact) mass is 297 g/mol. The second-order valence-electron chi connectivity index (χ2n) is 4.26. The maximum absolute atomic E-state index is 13.9. The highest BCUT2D eigenvalue weighted by atomic mass is 32.2. The van der Waals surface area contributed by atoms with Gasteiger partial charge in [0.25, 0.3) is 0 Å². The van der Waals surface area contributed by atoms with E-state index in [1.807, 2.05) is 30.5 Å². The van der Waals surface area contributed by atoms with E-state index in [9.17, 15) is 13.2 Å². The van der Waals surface area contributed by atoms with E-state index in [-0.39, 0.29) is 5.56 Å². The molecule has 1 atom stereocenters. The molecule has 0 saturated heterocycles. The van der Waals surface area contributed by atoms with Crippen molar-refractivity contribution in [3.8, 4) is 0 Å². The molecule has 106 valence electrons. The molecular weight excluding hydrogens is 283 g/mol. The summed E-state index contributed by atoms with van der Waals surface area (Å²) in [7, 11) is 1.65. The number of halogens is 3. The Kier molecular flexibility index (Phi) is 4.73. The van der Waals surface area contributed by atoms with Gasteiger partial charge in [0.2, 0.25) is 0 Å². The maximum Gasteiger partial charge on any atom is 0.194 e. The van der Waals surface area contributed by atoms with Gasteiger partial charge in [0.1, 0.15) is 0 Å². The van der Waals surface area contributed by atoms with Crippen molar-refractivity contribution in [3.05, 3.63) is 65.0 Å². The van der Waals surface area contributed by atoms with Gasteiger partial charge in [-0.25, -0.2) is 13.2 Å². The molecule has 0 heterocycles. The molecule has 0 aliphatic rings. The third kappa shape index (κ3) is 2.83. The van der Waals surface area contributed by atoms with Crippen molar-refractivity contribution in [2.24, 2.45) is 0 Å². The molecule has 0 saturated carbocycles. The van der Waals surface area contributed by atoms with E-state index in [4.69, 9.17) is 0 Å². The zero-order chi connectivity index (χ0) is 14.7. The Balaban J connectivity index is 2.44. The normalized spacial score (nSPS) is 12.4. The van der Waals surface area contributed by atoms with E-state index in [0.29, 0.717) is 0 Å². The second-order valence-corrected chi connectivity index (χ2v) is 5.14. The van der Waals surface area contributed by atoms with Crippen LogP contribution < -0.4 is 5.32 Å². The molecule has 0 bridgehead atoms. The maximum atomic E-state index is 13.9. The van der Waals surface area contributed by atoms with Crippen molar-refractivity contribution in [3.63, 3.8) is 0 Å². The van der Waals surface area contributed by atoms with Crippen LogP contribution in [-0.4, -0.2) is 13.3 Å². The summed E-state index contributed by atoms with van der Waals surface area (Å²) in [6.07, 6.45) is 1.96. The summed E-state index contributed by atoms with van der Waals surface area (Å²) in [4.78, 5) is 1.08. The molecule has 0 aromatic heterocycles. The Labute approximate surface area is 120 Å². The second kappa shape index (κ2) is 6.33. The Morgan fingerprint density at radius 1 is 0.950 bits per heavy atom. The molecule has 2 aromatic carbocycles. The van der Waals surface area contributed by atoms with Gasteiger partial charge in [0.15, 0.2) is 17.5 Å². The SMILES string of the molecule is CNC(c1ccc(SC)cc1)c1ccc(F)c(F)c1F. The van der Waals surface area contributed by atoms with E-state index >= 15 is 0 Å². The number of benzene rings is 2. The van der Waals surface area contributed by atoms with Gasteiger partial charge >= 0.3 is 0 Å². The van der Waals surface area contributed by atoms with Gasteiger partial charge in [-0.2, -0.15) is 0 Å². The number of hydrogen-bond donors (Lipinski definition) is 1. The molecule has 20 heavy (non-hydrogen) atoms. The first-order valence-corrected chi connectivity index (χ1v) is 7.25. The molecule has 1 unspecified atom stereocenters. The van der Waals surface area contributed by atoms with Gasteiger partial charge in [0, 0.05) is 10.5 Å². The molecule has 2 aromatic rings. The van der Waals surface area contributed by atoms with Gasteiger partial charge in [0.05, 0.1) is 6.04 Å². The average molecular weight is 297 g/mol. The highest BCUT2D eigenvalue weighted by molar-refractivity contribution is 7.98. The van der Waals surface area contributed by atoms with Crippen molar-refractivity contribution in [1.82, 2.24) is 5.32 Å². The summed E-state index contributed by atoms with van der Waals surface area (Å²) in [5.74, 6) is -3.78. The number of hydrogen-bond acceptors (Lipinski definition) is 2.